The van der Waals surface area contributed by atoms with Crippen LogP contribution in [0.1, 0.15) is 50.2 Å². The zero-order valence-electron chi connectivity index (χ0n) is 16.0. The molecule has 3 N–H and O–H groups in total. The van der Waals surface area contributed by atoms with Crippen molar-refractivity contribution in [3.8, 4) is 0 Å². The van der Waals surface area contributed by atoms with Gasteiger partial charge in [-0.05, 0) is 30.4 Å². The van der Waals surface area contributed by atoms with Crippen LogP contribution in [0.4, 0.5) is 4.39 Å². The predicted octanol–water partition coefficient (Wildman–Crippen LogP) is 2.22. The number of aryl methyl sites for hydroxylation is 1. The van der Waals surface area contributed by atoms with E-state index in [9.17, 15) is 29.0 Å². The third-order valence-electron chi connectivity index (χ3n) is 4.92. The minimum absolute atomic E-state index is 0.0622. The van der Waals surface area contributed by atoms with E-state index in [4.69, 9.17) is 9.84 Å². The molecule has 29 heavy (non-hydrogen) atoms. The van der Waals surface area contributed by atoms with Crippen LogP contribution in [0.3, 0.4) is 0 Å². The van der Waals surface area contributed by atoms with Crippen LogP contribution in [-0.4, -0.2) is 51.4 Å². The lowest BCUT2D eigenvalue weighted by Gasteiger charge is -2.32. The van der Waals surface area contributed by atoms with E-state index in [-0.39, 0.29) is 19.3 Å². The van der Waals surface area contributed by atoms with Gasteiger partial charge in [-0.2, -0.15) is 0 Å². The smallest absolute Gasteiger partial charge is 0.336 e. The summed E-state index contributed by atoms with van der Waals surface area (Å²) >= 11 is 0. The van der Waals surface area contributed by atoms with Gasteiger partial charge >= 0.3 is 11.9 Å². The molecule has 1 aromatic rings. The number of rotatable bonds is 8. The zero-order chi connectivity index (χ0) is 21.7. The molecule has 0 saturated heterocycles. The van der Waals surface area contributed by atoms with Crippen molar-refractivity contribution in [3.05, 3.63) is 35.4 Å². The molecule has 0 amide bonds. The summed E-state index contributed by atoms with van der Waals surface area (Å²) in [5.74, 6) is -3.88. The van der Waals surface area contributed by atoms with Crippen molar-refractivity contribution in [2.24, 2.45) is 4.99 Å². The lowest BCUT2D eigenvalue weighted by Crippen LogP contribution is -2.44. The lowest BCUT2D eigenvalue weighted by atomic mass is 9.82. The number of aldehydes is 1. The Morgan fingerprint density at radius 2 is 2.07 bits per heavy atom. The maximum atomic E-state index is 14.1. The first-order valence-corrected chi connectivity index (χ1v) is 9.27. The number of nitrogens with zero attached hydrogens (tertiary/aromatic N) is 1. The Hall–Kier alpha value is -2.81. The van der Waals surface area contributed by atoms with E-state index in [0.717, 1.165) is 5.56 Å². The highest BCUT2D eigenvalue weighted by Crippen LogP contribution is 2.36. The molecule has 8 nitrogen and oxygen atoms in total. The largest absolute Gasteiger partial charge is 0.481 e. The Morgan fingerprint density at radius 3 is 2.66 bits per heavy atom. The number of alkyl halides is 1. The van der Waals surface area contributed by atoms with Crippen molar-refractivity contribution < 1.29 is 38.8 Å². The summed E-state index contributed by atoms with van der Waals surface area (Å²) in [5.41, 5.74) is -2.81. The first-order valence-electron chi connectivity index (χ1n) is 9.27. The number of ether oxygens (including phenoxy) is 1. The molecule has 0 aliphatic carbocycles. The third-order valence-corrected chi connectivity index (χ3v) is 4.92. The quantitative estimate of drug-likeness (QED) is 0.561. The minimum Gasteiger partial charge on any atom is -0.481 e. The Bertz CT molecular complexity index is 812. The van der Waals surface area contributed by atoms with Crippen LogP contribution in [0.15, 0.2) is 29.3 Å². The average Bonchev–Trinajstić information content (AvgIpc) is 2.64. The summed E-state index contributed by atoms with van der Waals surface area (Å²) < 4.78 is 19.2. The number of carbonyl (C=O) groups excluding carboxylic acids is 1. The van der Waals surface area contributed by atoms with Crippen molar-refractivity contribution in [3.63, 3.8) is 0 Å². The summed E-state index contributed by atoms with van der Waals surface area (Å²) in [6.45, 7) is 1.90. The SMILES string of the molecule is CCc1ccccc1C1(C=O)CCCC(F)OC(CC(O)(CC(=O)O)C(=O)O)=N1. The van der Waals surface area contributed by atoms with Crippen LogP contribution in [0, 0.1) is 0 Å². The average molecular weight is 409 g/mol. The fourth-order valence-electron chi connectivity index (χ4n) is 3.43. The molecule has 0 bridgehead atoms. The van der Waals surface area contributed by atoms with Crippen molar-refractivity contribution >= 4 is 24.1 Å². The molecular weight excluding hydrogens is 385 g/mol. The Labute approximate surface area is 167 Å². The maximum absolute atomic E-state index is 14.1. The second kappa shape index (κ2) is 9.13. The standard InChI is InChI=1S/C20H24FNO7/c1-2-13-6-3-4-7-14(13)19(12-23)9-5-8-15(21)29-16(22-19)10-20(28,18(26)27)11-17(24)25/h3-4,6-7,12,15,28H,2,5,8-11H2,1H3,(H,24,25)(H,26,27). The molecule has 2 rings (SSSR count). The molecule has 0 saturated carbocycles. The van der Waals surface area contributed by atoms with Crippen molar-refractivity contribution in [1.29, 1.82) is 0 Å². The van der Waals surface area contributed by atoms with Gasteiger partial charge in [-0.3, -0.25) is 4.79 Å². The first kappa shape index (κ1) is 22.5. The summed E-state index contributed by atoms with van der Waals surface area (Å²) in [5, 5.41) is 28.6. The zero-order valence-corrected chi connectivity index (χ0v) is 16.0. The Kier molecular flexibility index (Phi) is 7.07. The van der Waals surface area contributed by atoms with Gasteiger partial charge in [0.25, 0.3) is 0 Å². The van der Waals surface area contributed by atoms with E-state index >= 15 is 0 Å². The molecule has 3 atom stereocenters. The van der Waals surface area contributed by atoms with Crippen molar-refractivity contribution in [2.75, 3.05) is 0 Å². The van der Waals surface area contributed by atoms with Crippen LogP contribution in [0.2, 0.25) is 0 Å². The summed E-state index contributed by atoms with van der Waals surface area (Å²) in [6, 6.07) is 7.07. The molecule has 1 aromatic carbocycles. The number of hydrogen-bond acceptors (Lipinski definition) is 6. The van der Waals surface area contributed by atoms with Gasteiger partial charge in [0.15, 0.2) is 17.8 Å². The number of aliphatic hydroxyl groups is 1. The van der Waals surface area contributed by atoms with Crippen molar-refractivity contribution in [1.82, 2.24) is 0 Å². The van der Waals surface area contributed by atoms with Gasteiger partial charge in [0.05, 0.1) is 12.8 Å². The molecule has 0 fully saturated rings. The maximum Gasteiger partial charge on any atom is 0.336 e. The molecule has 0 radical (unpaired) electrons. The number of hydrogen-bond donors (Lipinski definition) is 3. The lowest BCUT2D eigenvalue weighted by molar-refractivity contribution is -0.165. The van der Waals surface area contributed by atoms with Crippen LogP contribution in [-0.2, 0) is 31.1 Å². The van der Waals surface area contributed by atoms with E-state index in [1.807, 2.05) is 13.0 Å². The molecular formula is C20H24FNO7. The summed E-state index contributed by atoms with van der Waals surface area (Å²) in [6.07, 6.45) is -2.27. The molecule has 1 aliphatic rings. The highest BCUT2D eigenvalue weighted by molar-refractivity contribution is 5.91. The van der Waals surface area contributed by atoms with Crippen LogP contribution >= 0.6 is 0 Å². The van der Waals surface area contributed by atoms with E-state index < -0.39 is 48.2 Å². The summed E-state index contributed by atoms with van der Waals surface area (Å²) in [4.78, 5) is 38.9. The fourth-order valence-corrected chi connectivity index (χ4v) is 3.43. The van der Waals surface area contributed by atoms with Crippen LogP contribution < -0.4 is 0 Å². The van der Waals surface area contributed by atoms with E-state index in [1.54, 1.807) is 18.2 Å². The van der Waals surface area contributed by atoms with E-state index in [2.05, 4.69) is 4.99 Å². The number of carbonyl (C=O) groups is 3. The second-order valence-electron chi connectivity index (χ2n) is 7.06. The molecule has 158 valence electrons. The number of benzene rings is 1. The molecule has 1 heterocycles. The van der Waals surface area contributed by atoms with Gasteiger partial charge in [-0.25, -0.2) is 14.2 Å². The minimum atomic E-state index is -2.76. The number of aliphatic carboxylic acids is 2. The number of carboxylic acids is 2. The van der Waals surface area contributed by atoms with Gasteiger partial charge in [0.1, 0.15) is 5.54 Å². The summed E-state index contributed by atoms with van der Waals surface area (Å²) in [7, 11) is 0. The predicted molar refractivity (Wildman–Crippen MR) is 100 cm³/mol. The van der Waals surface area contributed by atoms with Gasteiger partial charge in [-0.15, -0.1) is 0 Å². The Balaban J connectivity index is 2.58. The van der Waals surface area contributed by atoms with E-state index in [0.29, 0.717) is 18.3 Å². The molecule has 0 aromatic heterocycles. The van der Waals surface area contributed by atoms with Crippen LogP contribution in [0.5, 0.6) is 0 Å². The highest BCUT2D eigenvalue weighted by atomic mass is 19.1. The molecule has 9 heteroatoms. The van der Waals surface area contributed by atoms with Gasteiger partial charge in [0, 0.05) is 6.42 Å². The van der Waals surface area contributed by atoms with Crippen molar-refractivity contribution in [2.45, 2.75) is 62.9 Å². The second-order valence-corrected chi connectivity index (χ2v) is 7.06. The topological polar surface area (TPSA) is 133 Å². The van der Waals surface area contributed by atoms with Gasteiger partial charge in [-0.1, -0.05) is 31.2 Å². The molecule has 3 unspecified atom stereocenters. The number of halogens is 1. The third kappa shape index (κ3) is 5.17. The monoisotopic (exact) mass is 409 g/mol. The number of carboxylic acid groups (broad SMARTS) is 2. The molecule has 0 spiro atoms. The normalized spacial score (nSPS) is 24.2. The highest BCUT2D eigenvalue weighted by Gasteiger charge is 2.43. The fraction of sp³-hybridized carbons (Fsp3) is 0.500. The van der Waals surface area contributed by atoms with Gasteiger partial charge in [0.2, 0.25) is 6.36 Å². The first-order chi connectivity index (χ1) is 13.7. The van der Waals surface area contributed by atoms with Gasteiger partial charge < -0.3 is 24.9 Å². The molecule has 1 aliphatic heterocycles. The number of aliphatic imine (C=N–C) groups is 1. The van der Waals surface area contributed by atoms with Crippen LogP contribution in [0.25, 0.3) is 0 Å². The Morgan fingerprint density at radius 1 is 1.38 bits per heavy atom. The van der Waals surface area contributed by atoms with E-state index in [1.165, 1.54) is 0 Å².